The van der Waals surface area contributed by atoms with Gasteiger partial charge in [0.25, 0.3) is 11.3 Å². The van der Waals surface area contributed by atoms with Gasteiger partial charge < -0.3 is 5.11 Å². The van der Waals surface area contributed by atoms with Crippen molar-refractivity contribution in [2.24, 2.45) is 0 Å². The highest BCUT2D eigenvalue weighted by molar-refractivity contribution is 7.80. The summed E-state index contributed by atoms with van der Waals surface area (Å²) in [6.07, 6.45) is 0.315. The molecule has 0 saturated carbocycles. The van der Waals surface area contributed by atoms with E-state index in [-0.39, 0.29) is 13.0 Å². The predicted octanol–water partition coefficient (Wildman–Crippen LogP) is 1.80. The number of carboxylic acid groups (broad SMARTS) is 1. The first-order valence-electron chi connectivity index (χ1n) is 5.17. The number of benzene rings is 1. The van der Waals surface area contributed by atoms with Gasteiger partial charge in [0.05, 0.1) is 5.69 Å². The van der Waals surface area contributed by atoms with E-state index >= 15 is 0 Å². The van der Waals surface area contributed by atoms with Gasteiger partial charge in [-0.25, -0.2) is 4.21 Å². The molecule has 0 aliphatic carbocycles. The third-order valence-corrected chi connectivity index (χ3v) is 3.03. The van der Waals surface area contributed by atoms with Crippen LogP contribution in [-0.4, -0.2) is 26.4 Å². The molecular weight excluding hydrogens is 242 g/mol. The molecule has 0 fully saturated rings. The molecular formula is C11H15NO4S. The van der Waals surface area contributed by atoms with Crippen LogP contribution >= 0.6 is 0 Å². The minimum absolute atomic E-state index is 0.0143. The molecule has 94 valence electrons. The van der Waals surface area contributed by atoms with Crippen LogP contribution < -0.4 is 4.31 Å². The average molecular weight is 257 g/mol. The van der Waals surface area contributed by atoms with Crippen molar-refractivity contribution in [3.63, 3.8) is 0 Å². The van der Waals surface area contributed by atoms with Gasteiger partial charge in [-0.15, -0.1) is 0 Å². The molecule has 0 aromatic heterocycles. The van der Waals surface area contributed by atoms with Crippen molar-refractivity contribution in [3.05, 3.63) is 29.8 Å². The van der Waals surface area contributed by atoms with Crippen LogP contribution in [-0.2, 0) is 16.1 Å². The normalized spacial score (nSPS) is 12.1. The van der Waals surface area contributed by atoms with Crippen molar-refractivity contribution >= 4 is 22.9 Å². The Morgan fingerprint density at radius 1 is 1.35 bits per heavy atom. The summed E-state index contributed by atoms with van der Waals surface area (Å²) in [5, 5.41) is 8.52. The van der Waals surface area contributed by atoms with Crippen LogP contribution in [0.25, 0.3) is 0 Å². The zero-order valence-corrected chi connectivity index (χ0v) is 10.3. The first-order valence-corrected chi connectivity index (χ1v) is 6.24. The molecule has 0 amide bonds. The van der Waals surface area contributed by atoms with Crippen molar-refractivity contribution in [2.75, 3.05) is 10.8 Å². The van der Waals surface area contributed by atoms with Crippen molar-refractivity contribution in [1.82, 2.24) is 0 Å². The van der Waals surface area contributed by atoms with Gasteiger partial charge in [-0.3, -0.25) is 13.7 Å². The summed E-state index contributed by atoms with van der Waals surface area (Å²) >= 11 is -2.14. The summed E-state index contributed by atoms with van der Waals surface area (Å²) in [6, 6.07) is 7.16. The van der Waals surface area contributed by atoms with E-state index in [1.54, 1.807) is 12.1 Å². The summed E-state index contributed by atoms with van der Waals surface area (Å²) in [4.78, 5) is 10.4. The first-order chi connectivity index (χ1) is 8.00. The van der Waals surface area contributed by atoms with E-state index in [2.05, 4.69) is 0 Å². The van der Waals surface area contributed by atoms with Gasteiger partial charge in [-0.2, -0.15) is 0 Å². The number of aliphatic carboxylic acids is 1. The van der Waals surface area contributed by atoms with Gasteiger partial charge in [0.1, 0.15) is 0 Å². The van der Waals surface area contributed by atoms with Crippen LogP contribution in [0.15, 0.2) is 24.3 Å². The van der Waals surface area contributed by atoms with Crippen molar-refractivity contribution in [2.45, 2.75) is 19.8 Å². The lowest BCUT2D eigenvalue weighted by Crippen LogP contribution is -2.26. The standard InChI is InChI=1S/C11H15NO4S/c1-9-4-6-10(7-5-9)12(17(15)16)8-2-3-11(13)14/h4-7H,2-3,8H2,1H3,(H,13,14)(H,15,16). The van der Waals surface area contributed by atoms with E-state index in [9.17, 15) is 9.00 Å². The molecule has 0 bridgehead atoms. The minimum Gasteiger partial charge on any atom is -0.481 e. The van der Waals surface area contributed by atoms with Gasteiger partial charge in [0.15, 0.2) is 0 Å². The van der Waals surface area contributed by atoms with Gasteiger partial charge in [0.2, 0.25) is 0 Å². The van der Waals surface area contributed by atoms with Gasteiger partial charge >= 0.3 is 5.97 Å². The molecule has 1 unspecified atom stereocenters. The van der Waals surface area contributed by atoms with Crippen molar-refractivity contribution in [1.29, 1.82) is 0 Å². The molecule has 17 heavy (non-hydrogen) atoms. The lowest BCUT2D eigenvalue weighted by Gasteiger charge is -2.19. The number of hydrogen-bond donors (Lipinski definition) is 2. The maximum Gasteiger partial charge on any atom is 0.303 e. The largest absolute Gasteiger partial charge is 0.481 e. The molecule has 6 heteroatoms. The van der Waals surface area contributed by atoms with Gasteiger partial charge in [0, 0.05) is 13.0 Å². The van der Waals surface area contributed by atoms with E-state index in [1.807, 2.05) is 19.1 Å². The maximum absolute atomic E-state index is 11.2. The second-order valence-corrected chi connectivity index (χ2v) is 4.57. The van der Waals surface area contributed by atoms with E-state index in [1.165, 1.54) is 4.31 Å². The van der Waals surface area contributed by atoms with E-state index in [4.69, 9.17) is 9.66 Å². The third kappa shape index (κ3) is 4.54. The molecule has 0 aliphatic rings. The fourth-order valence-electron chi connectivity index (χ4n) is 1.38. The molecule has 5 nitrogen and oxygen atoms in total. The monoisotopic (exact) mass is 257 g/mol. The Kier molecular flexibility index (Phi) is 5.11. The summed E-state index contributed by atoms with van der Waals surface area (Å²) in [5.74, 6) is -0.905. The van der Waals surface area contributed by atoms with Crippen molar-refractivity contribution in [3.8, 4) is 0 Å². The summed E-state index contributed by atoms with van der Waals surface area (Å²) in [7, 11) is 0. The Morgan fingerprint density at radius 3 is 2.41 bits per heavy atom. The Labute approximate surface area is 102 Å². The zero-order chi connectivity index (χ0) is 12.8. The predicted molar refractivity (Wildman–Crippen MR) is 66.2 cm³/mol. The Morgan fingerprint density at radius 2 is 1.94 bits per heavy atom. The van der Waals surface area contributed by atoms with E-state index in [0.29, 0.717) is 12.1 Å². The highest BCUT2D eigenvalue weighted by Gasteiger charge is 2.12. The number of aryl methyl sites for hydroxylation is 1. The van der Waals surface area contributed by atoms with Crippen LogP contribution in [0, 0.1) is 6.92 Å². The number of carbonyl (C=O) groups is 1. The summed E-state index contributed by atoms with van der Waals surface area (Å²) < 4.78 is 21.6. The molecule has 1 aromatic carbocycles. The molecule has 0 heterocycles. The SMILES string of the molecule is Cc1ccc(N(CCCC(=O)O)S(=O)O)cc1. The van der Waals surface area contributed by atoms with Gasteiger partial charge in [-0.1, -0.05) is 17.7 Å². The molecule has 0 radical (unpaired) electrons. The molecule has 0 saturated heterocycles. The van der Waals surface area contributed by atoms with Crippen LogP contribution in [0.5, 0.6) is 0 Å². The second-order valence-electron chi connectivity index (χ2n) is 3.67. The number of rotatable bonds is 6. The number of carboxylic acids is 1. The van der Waals surface area contributed by atoms with Crippen LogP contribution in [0.1, 0.15) is 18.4 Å². The fourth-order valence-corrected chi connectivity index (χ4v) is 1.97. The fraction of sp³-hybridized carbons (Fsp3) is 0.364. The van der Waals surface area contributed by atoms with Crippen LogP contribution in [0.4, 0.5) is 5.69 Å². The lowest BCUT2D eigenvalue weighted by atomic mass is 10.2. The summed E-state index contributed by atoms with van der Waals surface area (Å²) in [5.41, 5.74) is 1.67. The molecule has 0 aliphatic heterocycles. The smallest absolute Gasteiger partial charge is 0.303 e. The Bertz CT molecular complexity index is 404. The molecule has 1 aromatic rings. The molecule has 1 rings (SSSR count). The molecule has 2 N–H and O–H groups in total. The van der Waals surface area contributed by atoms with Crippen LogP contribution in [0.3, 0.4) is 0 Å². The molecule has 0 spiro atoms. The minimum atomic E-state index is -2.14. The Hall–Kier alpha value is -1.40. The number of nitrogens with zero attached hydrogens (tertiary/aromatic N) is 1. The summed E-state index contributed by atoms with van der Waals surface area (Å²) in [6.45, 7) is 2.16. The van der Waals surface area contributed by atoms with Crippen LogP contribution in [0.2, 0.25) is 0 Å². The number of anilines is 1. The topological polar surface area (TPSA) is 77.8 Å². The lowest BCUT2D eigenvalue weighted by molar-refractivity contribution is -0.137. The van der Waals surface area contributed by atoms with Gasteiger partial charge in [-0.05, 0) is 25.5 Å². The highest BCUT2D eigenvalue weighted by atomic mass is 32.2. The first kappa shape index (κ1) is 13.7. The highest BCUT2D eigenvalue weighted by Crippen LogP contribution is 2.17. The maximum atomic E-state index is 11.2. The Balaban J connectivity index is 2.69. The third-order valence-electron chi connectivity index (χ3n) is 2.26. The van der Waals surface area contributed by atoms with Crippen molar-refractivity contribution < 1.29 is 18.7 Å². The zero-order valence-electron chi connectivity index (χ0n) is 9.50. The van der Waals surface area contributed by atoms with E-state index in [0.717, 1.165) is 5.56 Å². The van der Waals surface area contributed by atoms with E-state index < -0.39 is 17.2 Å². The average Bonchev–Trinajstić information content (AvgIpc) is 2.25. The quantitative estimate of drug-likeness (QED) is 0.762. The molecule has 1 atom stereocenters. The number of hydrogen-bond acceptors (Lipinski definition) is 2. The second kappa shape index (κ2) is 6.36.